The maximum atomic E-state index is 4.42. The molecular weight excluding hydrogens is 186 g/mol. The summed E-state index contributed by atoms with van der Waals surface area (Å²) < 4.78 is 0. The lowest BCUT2D eigenvalue weighted by Crippen LogP contribution is -2.27. The van der Waals surface area contributed by atoms with Crippen LogP contribution >= 0.6 is 0 Å². The normalized spacial score (nSPS) is 19.1. The molecule has 1 aliphatic rings. The molecule has 2 rings (SSSR count). The quantitative estimate of drug-likeness (QED) is 0.669. The lowest BCUT2D eigenvalue weighted by molar-refractivity contribution is 0.817. The van der Waals surface area contributed by atoms with Crippen molar-refractivity contribution in [1.82, 2.24) is 4.98 Å². The molecule has 0 saturated carbocycles. The van der Waals surface area contributed by atoms with Gasteiger partial charge in [-0.3, -0.25) is 9.98 Å². The second-order valence-corrected chi connectivity index (χ2v) is 4.12. The minimum Gasteiger partial charge on any atom is -0.266 e. The van der Waals surface area contributed by atoms with Gasteiger partial charge >= 0.3 is 0 Å². The highest BCUT2D eigenvalue weighted by Crippen LogP contribution is 2.06. The molecule has 1 aliphatic heterocycles. The topological polar surface area (TPSA) is 37.6 Å². The highest BCUT2D eigenvalue weighted by atomic mass is 14.9. The Kier molecular flexibility index (Phi) is 2.62. The molecule has 0 saturated heterocycles. The van der Waals surface area contributed by atoms with Gasteiger partial charge in [0.15, 0.2) is 0 Å². The molecule has 0 aliphatic carbocycles. The lowest BCUT2D eigenvalue weighted by atomic mass is 10.1. The zero-order valence-corrected chi connectivity index (χ0v) is 9.31. The number of aromatic nitrogens is 1. The molecule has 0 radical (unpaired) electrons. The fraction of sp³-hybridized carbons (Fsp3) is 0.417. The third kappa shape index (κ3) is 2.12. The van der Waals surface area contributed by atoms with E-state index in [9.17, 15) is 0 Å². The number of rotatable bonds is 1. The van der Waals surface area contributed by atoms with Gasteiger partial charge < -0.3 is 0 Å². The molecule has 0 aromatic carbocycles. The summed E-state index contributed by atoms with van der Waals surface area (Å²) in [4.78, 5) is 13.0. The smallest absolute Gasteiger partial charge is 0.111 e. The van der Waals surface area contributed by atoms with Crippen LogP contribution in [-0.2, 0) is 0 Å². The van der Waals surface area contributed by atoms with Crippen LogP contribution in [0.3, 0.4) is 0 Å². The first-order chi connectivity index (χ1) is 7.16. The monoisotopic (exact) mass is 201 g/mol. The minimum atomic E-state index is 0.182. The Morgan fingerprint density at radius 3 is 2.87 bits per heavy atom. The second-order valence-electron chi connectivity index (χ2n) is 4.12. The van der Waals surface area contributed by atoms with Gasteiger partial charge in [0.1, 0.15) is 6.34 Å². The van der Waals surface area contributed by atoms with E-state index in [4.69, 9.17) is 0 Å². The molecule has 0 fully saturated rings. The maximum Gasteiger partial charge on any atom is 0.111 e. The molecule has 78 valence electrons. The van der Waals surface area contributed by atoms with Crippen LogP contribution in [0, 0.1) is 0 Å². The van der Waals surface area contributed by atoms with Crippen LogP contribution in [0.1, 0.15) is 32.4 Å². The van der Waals surface area contributed by atoms with Crippen molar-refractivity contribution < 1.29 is 0 Å². The number of nitrogens with zero attached hydrogens (tertiary/aromatic N) is 3. The summed E-state index contributed by atoms with van der Waals surface area (Å²) in [6.07, 6.45) is 5.61. The SMILES string of the molecule is CC1C=c2cnc(C(C)C)cc2=NC=N1. The van der Waals surface area contributed by atoms with Crippen LogP contribution in [0.4, 0.5) is 0 Å². The number of hydrogen-bond acceptors (Lipinski definition) is 3. The molecule has 3 heteroatoms. The Balaban J connectivity index is 2.63. The zero-order chi connectivity index (χ0) is 10.8. The van der Waals surface area contributed by atoms with E-state index < -0.39 is 0 Å². The summed E-state index contributed by atoms with van der Waals surface area (Å²) in [7, 11) is 0. The highest BCUT2D eigenvalue weighted by Gasteiger charge is 2.02. The van der Waals surface area contributed by atoms with Gasteiger partial charge in [0.25, 0.3) is 0 Å². The van der Waals surface area contributed by atoms with Crippen molar-refractivity contribution >= 4 is 12.4 Å². The average Bonchev–Trinajstić information content (AvgIpc) is 2.37. The van der Waals surface area contributed by atoms with Crippen LogP contribution in [0.25, 0.3) is 6.08 Å². The standard InChI is InChI=1S/C12H15N3/c1-8(2)11-5-12-10(6-13-11)4-9(3)14-7-15-12/h4-9H,1-3H3. The Labute approximate surface area is 89.3 Å². The lowest BCUT2D eigenvalue weighted by Gasteiger charge is -2.02. The molecule has 1 unspecified atom stereocenters. The van der Waals surface area contributed by atoms with Gasteiger partial charge in [-0.25, -0.2) is 4.99 Å². The molecule has 0 spiro atoms. The van der Waals surface area contributed by atoms with Crippen LogP contribution < -0.4 is 10.6 Å². The fourth-order valence-electron chi connectivity index (χ4n) is 1.53. The summed E-state index contributed by atoms with van der Waals surface area (Å²) >= 11 is 0. The third-order valence-electron chi connectivity index (χ3n) is 2.44. The van der Waals surface area contributed by atoms with Gasteiger partial charge in [0.05, 0.1) is 11.4 Å². The van der Waals surface area contributed by atoms with Crippen LogP contribution in [0.15, 0.2) is 22.2 Å². The van der Waals surface area contributed by atoms with E-state index in [1.165, 1.54) is 0 Å². The number of fused-ring (bicyclic) bond motifs is 1. The van der Waals surface area contributed by atoms with Gasteiger partial charge in [-0.1, -0.05) is 13.8 Å². The summed E-state index contributed by atoms with van der Waals surface area (Å²) in [5.74, 6) is 0.433. The first-order valence-electron chi connectivity index (χ1n) is 5.24. The number of aliphatic imine (C=N–C) groups is 1. The van der Waals surface area contributed by atoms with E-state index >= 15 is 0 Å². The van der Waals surface area contributed by atoms with Gasteiger partial charge in [-0.15, -0.1) is 0 Å². The predicted molar refractivity (Wildman–Crippen MR) is 61.5 cm³/mol. The van der Waals surface area contributed by atoms with Crippen molar-refractivity contribution in [2.24, 2.45) is 9.98 Å². The minimum absolute atomic E-state index is 0.182. The maximum absolute atomic E-state index is 4.42. The van der Waals surface area contributed by atoms with Crippen LogP contribution in [0.5, 0.6) is 0 Å². The molecule has 1 atom stereocenters. The highest BCUT2D eigenvalue weighted by molar-refractivity contribution is 5.58. The number of pyridine rings is 1. The van der Waals surface area contributed by atoms with Crippen LogP contribution in [-0.4, -0.2) is 17.4 Å². The van der Waals surface area contributed by atoms with Crippen molar-refractivity contribution in [2.45, 2.75) is 32.7 Å². The Bertz CT molecular complexity index is 500. The van der Waals surface area contributed by atoms with Crippen molar-refractivity contribution in [3.8, 4) is 0 Å². The second kappa shape index (κ2) is 3.93. The van der Waals surface area contributed by atoms with Crippen molar-refractivity contribution in [3.05, 3.63) is 28.5 Å². The van der Waals surface area contributed by atoms with Gasteiger partial charge in [0.2, 0.25) is 0 Å². The summed E-state index contributed by atoms with van der Waals surface area (Å²) in [6.45, 7) is 6.30. The van der Waals surface area contributed by atoms with Crippen molar-refractivity contribution in [3.63, 3.8) is 0 Å². The van der Waals surface area contributed by atoms with Gasteiger partial charge in [0, 0.05) is 17.1 Å². The Morgan fingerprint density at radius 2 is 2.13 bits per heavy atom. The first kappa shape index (κ1) is 10.0. The van der Waals surface area contributed by atoms with Crippen molar-refractivity contribution in [2.75, 3.05) is 0 Å². The molecule has 1 aromatic heterocycles. The molecule has 1 aromatic rings. The van der Waals surface area contributed by atoms with E-state index in [0.29, 0.717) is 5.92 Å². The molecule has 0 bridgehead atoms. The van der Waals surface area contributed by atoms with E-state index in [2.05, 4.69) is 34.9 Å². The van der Waals surface area contributed by atoms with E-state index in [0.717, 1.165) is 16.3 Å². The van der Waals surface area contributed by atoms with E-state index in [-0.39, 0.29) is 6.04 Å². The molecule has 0 amide bonds. The Morgan fingerprint density at radius 1 is 1.33 bits per heavy atom. The summed E-state index contributed by atoms with van der Waals surface area (Å²) in [5.41, 5.74) is 1.08. The largest absolute Gasteiger partial charge is 0.266 e. The van der Waals surface area contributed by atoms with Crippen LogP contribution in [0.2, 0.25) is 0 Å². The van der Waals surface area contributed by atoms with E-state index in [1.54, 1.807) is 6.34 Å². The molecule has 2 heterocycles. The molecule has 0 N–H and O–H groups in total. The zero-order valence-electron chi connectivity index (χ0n) is 9.31. The molecule has 3 nitrogen and oxygen atoms in total. The predicted octanol–water partition coefficient (Wildman–Crippen LogP) is 1.04. The molecule has 15 heavy (non-hydrogen) atoms. The van der Waals surface area contributed by atoms with Gasteiger partial charge in [-0.05, 0) is 25.0 Å². The number of hydrogen-bond donors (Lipinski definition) is 0. The van der Waals surface area contributed by atoms with Crippen molar-refractivity contribution in [1.29, 1.82) is 0 Å². The Hall–Kier alpha value is -1.51. The van der Waals surface area contributed by atoms with E-state index in [1.807, 2.05) is 19.2 Å². The first-order valence-corrected chi connectivity index (χ1v) is 5.24. The summed E-state index contributed by atoms with van der Waals surface area (Å²) in [6, 6.07) is 2.22. The fourth-order valence-corrected chi connectivity index (χ4v) is 1.53. The molecular formula is C12H15N3. The summed E-state index contributed by atoms with van der Waals surface area (Å²) in [5, 5.41) is 2.05. The third-order valence-corrected chi connectivity index (χ3v) is 2.44. The average molecular weight is 201 g/mol. The van der Waals surface area contributed by atoms with Gasteiger partial charge in [-0.2, -0.15) is 0 Å².